The van der Waals surface area contributed by atoms with Gasteiger partial charge >= 0.3 is 0 Å². The minimum absolute atomic E-state index is 1.03. The minimum Gasteiger partial charge on any atom is -0.306 e. The van der Waals surface area contributed by atoms with Crippen LogP contribution < -0.4 is 0 Å². The molecule has 124 valence electrons. The van der Waals surface area contributed by atoms with Crippen molar-refractivity contribution >= 4 is 0 Å². The van der Waals surface area contributed by atoms with Crippen LogP contribution in [-0.4, -0.2) is 74.1 Å². The zero-order valence-electron chi connectivity index (χ0n) is 14.5. The van der Waals surface area contributed by atoms with Gasteiger partial charge in [0.15, 0.2) is 0 Å². The van der Waals surface area contributed by atoms with Gasteiger partial charge in [-0.2, -0.15) is 0 Å². The second kappa shape index (κ2) is 9.81. The fraction of sp³-hybridized carbons (Fsp3) is 1.00. The highest BCUT2D eigenvalue weighted by molar-refractivity contribution is 4.71. The Bertz CT molecular complexity index is 253. The number of hydrogen-bond acceptors (Lipinski definition) is 3. The van der Waals surface area contributed by atoms with Gasteiger partial charge in [-0.1, -0.05) is 32.6 Å². The summed E-state index contributed by atoms with van der Waals surface area (Å²) in [5.41, 5.74) is 0. The highest BCUT2D eigenvalue weighted by Crippen LogP contribution is 2.22. The molecule has 0 bridgehead atoms. The minimum atomic E-state index is 1.03. The third kappa shape index (κ3) is 6.66. The van der Waals surface area contributed by atoms with E-state index in [-0.39, 0.29) is 0 Å². The maximum atomic E-state index is 2.67. The van der Waals surface area contributed by atoms with Gasteiger partial charge < -0.3 is 14.7 Å². The first-order chi connectivity index (χ1) is 10.3. The number of piperazine rings is 1. The van der Waals surface area contributed by atoms with Gasteiger partial charge in [-0.15, -0.1) is 0 Å². The molecule has 0 aliphatic carbocycles. The molecule has 0 radical (unpaired) electrons. The average molecular weight is 296 g/mol. The fourth-order valence-corrected chi connectivity index (χ4v) is 3.80. The van der Waals surface area contributed by atoms with Crippen molar-refractivity contribution in [3.63, 3.8) is 0 Å². The number of nitrogens with zero attached hydrogens (tertiary/aromatic N) is 3. The summed E-state index contributed by atoms with van der Waals surface area (Å²) in [6, 6.07) is 0. The first kappa shape index (κ1) is 17.2. The van der Waals surface area contributed by atoms with Crippen LogP contribution in [0.5, 0.6) is 0 Å². The Labute approximate surface area is 132 Å². The van der Waals surface area contributed by atoms with Gasteiger partial charge in [0.2, 0.25) is 0 Å². The predicted molar refractivity (Wildman–Crippen MR) is 91.9 cm³/mol. The lowest BCUT2D eigenvalue weighted by molar-refractivity contribution is 0.135. The van der Waals surface area contributed by atoms with Crippen LogP contribution in [0.2, 0.25) is 0 Å². The van der Waals surface area contributed by atoms with Crippen molar-refractivity contribution in [2.45, 2.75) is 51.9 Å². The lowest BCUT2D eigenvalue weighted by Gasteiger charge is -2.34. The molecule has 3 nitrogen and oxygen atoms in total. The standard InChI is InChI=1S/C18H37N3/c1-3-20-14-16-21(17-15-20)11-7-5-4-6-8-18-9-12-19(2)13-10-18/h18H,3-17H2,1-2H3. The fourth-order valence-electron chi connectivity index (χ4n) is 3.80. The molecule has 2 heterocycles. The van der Waals surface area contributed by atoms with E-state index in [0.29, 0.717) is 0 Å². The normalized spacial score (nSPS) is 23.7. The summed E-state index contributed by atoms with van der Waals surface area (Å²) in [5, 5.41) is 0. The largest absolute Gasteiger partial charge is 0.306 e. The third-order valence-electron chi connectivity index (χ3n) is 5.59. The first-order valence-electron chi connectivity index (χ1n) is 9.41. The van der Waals surface area contributed by atoms with Crippen molar-refractivity contribution < 1.29 is 0 Å². The number of unbranched alkanes of at least 4 members (excludes halogenated alkanes) is 3. The summed E-state index contributed by atoms with van der Waals surface area (Å²) < 4.78 is 0. The van der Waals surface area contributed by atoms with Crippen molar-refractivity contribution in [1.82, 2.24) is 14.7 Å². The second-order valence-electron chi connectivity index (χ2n) is 7.23. The number of piperidine rings is 1. The Morgan fingerprint density at radius 1 is 0.762 bits per heavy atom. The van der Waals surface area contributed by atoms with Crippen LogP contribution >= 0.6 is 0 Å². The van der Waals surface area contributed by atoms with E-state index in [2.05, 4.69) is 28.7 Å². The van der Waals surface area contributed by atoms with Crippen molar-refractivity contribution in [2.24, 2.45) is 5.92 Å². The molecule has 2 fully saturated rings. The van der Waals surface area contributed by atoms with Gasteiger partial charge in [0.25, 0.3) is 0 Å². The number of hydrogen-bond donors (Lipinski definition) is 0. The summed E-state index contributed by atoms with van der Waals surface area (Å²) in [6.45, 7) is 12.7. The molecule has 0 spiro atoms. The average Bonchev–Trinajstić information content (AvgIpc) is 2.53. The van der Waals surface area contributed by atoms with Crippen molar-refractivity contribution in [1.29, 1.82) is 0 Å². The van der Waals surface area contributed by atoms with E-state index < -0.39 is 0 Å². The molecule has 0 aromatic rings. The van der Waals surface area contributed by atoms with Crippen LogP contribution in [0.4, 0.5) is 0 Å². The Hall–Kier alpha value is -0.120. The molecule has 0 amide bonds. The Morgan fingerprint density at radius 2 is 1.38 bits per heavy atom. The van der Waals surface area contributed by atoms with Gasteiger partial charge in [0.1, 0.15) is 0 Å². The molecule has 0 aromatic carbocycles. The summed E-state index contributed by atoms with van der Waals surface area (Å²) in [6.07, 6.45) is 10.2. The number of likely N-dealkylation sites (N-methyl/N-ethyl adjacent to an activating group) is 1. The molecule has 0 atom stereocenters. The van der Waals surface area contributed by atoms with E-state index in [9.17, 15) is 0 Å². The highest BCUT2D eigenvalue weighted by Gasteiger charge is 2.16. The van der Waals surface area contributed by atoms with Crippen molar-refractivity contribution in [3.05, 3.63) is 0 Å². The van der Waals surface area contributed by atoms with Gasteiger partial charge in [-0.25, -0.2) is 0 Å². The molecule has 2 aliphatic heterocycles. The molecular formula is C18H37N3. The first-order valence-corrected chi connectivity index (χ1v) is 9.41. The molecule has 3 heteroatoms. The lowest BCUT2D eigenvalue weighted by Crippen LogP contribution is -2.46. The van der Waals surface area contributed by atoms with Crippen LogP contribution in [-0.2, 0) is 0 Å². The van der Waals surface area contributed by atoms with E-state index in [0.717, 1.165) is 5.92 Å². The molecule has 0 N–H and O–H groups in total. The summed E-state index contributed by atoms with van der Waals surface area (Å²) >= 11 is 0. The molecule has 0 aromatic heterocycles. The van der Waals surface area contributed by atoms with E-state index in [4.69, 9.17) is 0 Å². The third-order valence-corrected chi connectivity index (χ3v) is 5.59. The van der Waals surface area contributed by atoms with E-state index >= 15 is 0 Å². The van der Waals surface area contributed by atoms with Crippen LogP contribution in [0.3, 0.4) is 0 Å². The predicted octanol–water partition coefficient (Wildman–Crippen LogP) is 2.92. The molecule has 2 saturated heterocycles. The van der Waals surface area contributed by atoms with Crippen LogP contribution in [0.25, 0.3) is 0 Å². The SMILES string of the molecule is CCN1CCN(CCCCCCC2CCN(C)CC2)CC1. The topological polar surface area (TPSA) is 9.72 Å². The molecule has 21 heavy (non-hydrogen) atoms. The van der Waals surface area contributed by atoms with Gasteiger partial charge in [-0.05, 0) is 58.4 Å². The Balaban J connectivity index is 1.40. The molecular weight excluding hydrogens is 258 g/mol. The van der Waals surface area contributed by atoms with Gasteiger partial charge in [0, 0.05) is 26.2 Å². The monoisotopic (exact) mass is 295 g/mol. The van der Waals surface area contributed by atoms with Crippen LogP contribution in [0.1, 0.15) is 51.9 Å². The molecule has 0 saturated carbocycles. The smallest absolute Gasteiger partial charge is 0.0110 e. The molecule has 0 unspecified atom stereocenters. The highest BCUT2D eigenvalue weighted by atomic mass is 15.3. The molecule has 2 aliphatic rings. The van der Waals surface area contributed by atoms with Crippen molar-refractivity contribution in [2.75, 3.05) is 59.4 Å². The maximum Gasteiger partial charge on any atom is 0.0110 e. The van der Waals surface area contributed by atoms with Gasteiger partial charge in [0.05, 0.1) is 0 Å². The molecule has 2 rings (SSSR count). The van der Waals surface area contributed by atoms with Crippen molar-refractivity contribution in [3.8, 4) is 0 Å². The number of likely N-dealkylation sites (tertiary alicyclic amines) is 1. The maximum absolute atomic E-state index is 2.67. The Morgan fingerprint density at radius 3 is 2.05 bits per heavy atom. The second-order valence-corrected chi connectivity index (χ2v) is 7.23. The summed E-state index contributed by atoms with van der Waals surface area (Å²) in [5.74, 6) is 1.03. The summed E-state index contributed by atoms with van der Waals surface area (Å²) in [7, 11) is 2.26. The van der Waals surface area contributed by atoms with E-state index in [1.54, 1.807) is 0 Å². The zero-order chi connectivity index (χ0) is 14.9. The van der Waals surface area contributed by atoms with Crippen LogP contribution in [0, 0.1) is 5.92 Å². The number of rotatable bonds is 8. The van der Waals surface area contributed by atoms with E-state index in [1.165, 1.54) is 97.3 Å². The Kier molecular flexibility index (Phi) is 8.05. The van der Waals surface area contributed by atoms with Crippen LogP contribution in [0.15, 0.2) is 0 Å². The van der Waals surface area contributed by atoms with E-state index in [1.807, 2.05) is 0 Å². The lowest BCUT2D eigenvalue weighted by atomic mass is 9.91. The quantitative estimate of drug-likeness (QED) is 0.638. The zero-order valence-corrected chi connectivity index (χ0v) is 14.5. The van der Waals surface area contributed by atoms with Gasteiger partial charge in [-0.3, -0.25) is 0 Å². The summed E-state index contributed by atoms with van der Waals surface area (Å²) in [4.78, 5) is 7.72.